The van der Waals surface area contributed by atoms with Crippen molar-refractivity contribution in [3.05, 3.63) is 18.0 Å². The van der Waals surface area contributed by atoms with E-state index in [-0.39, 0.29) is 0 Å². The topological polar surface area (TPSA) is 93.6 Å². The summed E-state index contributed by atoms with van der Waals surface area (Å²) in [6.07, 6.45) is 0.808. The van der Waals surface area contributed by atoms with E-state index >= 15 is 0 Å². The number of nitrogens with two attached hydrogens (primary N) is 2. The zero-order chi connectivity index (χ0) is 11.1. The average Bonchev–Trinajstić information content (AvgIpc) is 2.61. The maximum absolute atomic E-state index is 6.09. The van der Waals surface area contributed by atoms with E-state index in [1.165, 1.54) is 0 Å². The molecule has 0 aliphatic carbocycles. The summed E-state index contributed by atoms with van der Waals surface area (Å²) in [5.41, 5.74) is 12.7. The molecule has 0 saturated carbocycles. The summed E-state index contributed by atoms with van der Waals surface area (Å²) < 4.78 is 0. The molecule has 0 radical (unpaired) electrons. The highest BCUT2D eigenvalue weighted by Gasteiger charge is 2.22. The van der Waals surface area contributed by atoms with Crippen LogP contribution in [-0.2, 0) is 5.54 Å². The number of nitrogens with zero attached hydrogens (tertiary/aromatic N) is 2. The molecule has 0 aromatic carbocycles. The number of nitrogens with one attached hydrogen (secondary N) is 1. The van der Waals surface area contributed by atoms with Crippen LogP contribution in [0.5, 0.6) is 0 Å². The Labute approximate surface area is 87.9 Å². The van der Waals surface area contributed by atoms with Crippen molar-refractivity contribution in [3.8, 4) is 0 Å². The van der Waals surface area contributed by atoms with Crippen LogP contribution in [0.3, 0.4) is 0 Å². The van der Waals surface area contributed by atoms with Crippen molar-refractivity contribution in [2.24, 2.45) is 5.73 Å². The number of aromatic amines is 1. The van der Waals surface area contributed by atoms with Gasteiger partial charge in [0.2, 0.25) is 0 Å². The SMILES string of the molecule is CCC(C)(N)c1nc2nc(N)ccc2[nH]1. The summed E-state index contributed by atoms with van der Waals surface area (Å²) in [6, 6.07) is 3.60. The summed E-state index contributed by atoms with van der Waals surface area (Å²) in [4.78, 5) is 11.6. The Kier molecular flexibility index (Phi) is 2.12. The van der Waals surface area contributed by atoms with Gasteiger partial charge in [0.1, 0.15) is 11.6 Å². The zero-order valence-corrected chi connectivity index (χ0v) is 8.91. The Morgan fingerprint density at radius 3 is 2.80 bits per heavy atom. The zero-order valence-electron chi connectivity index (χ0n) is 8.91. The Morgan fingerprint density at radius 1 is 1.40 bits per heavy atom. The first-order valence-corrected chi connectivity index (χ1v) is 4.94. The van der Waals surface area contributed by atoms with Crippen LogP contribution in [0.2, 0.25) is 0 Å². The van der Waals surface area contributed by atoms with Gasteiger partial charge in [-0.15, -0.1) is 0 Å². The normalized spacial score (nSPS) is 15.4. The van der Waals surface area contributed by atoms with Crippen LogP contribution >= 0.6 is 0 Å². The monoisotopic (exact) mass is 205 g/mol. The van der Waals surface area contributed by atoms with Gasteiger partial charge in [0.05, 0.1) is 11.1 Å². The molecule has 5 nitrogen and oxygen atoms in total. The van der Waals surface area contributed by atoms with Gasteiger partial charge in [0, 0.05) is 0 Å². The van der Waals surface area contributed by atoms with Crippen molar-refractivity contribution in [3.63, 3.8) is 0 Å². The van der Waals surface area contributed by atoms with Gasteiger partial charge in [-0.2, -0.15) is 0 Å². The third-order valence-electron chi connectivity index (χ3n) is 2.64. The molecule has 0 aliphatic heterocycles. The molecule has 80 valence electrons. The fraction of sp³-hybridized carbons (Fsp3) is 0.400. The Hall–Kier alpha value is -1.62. The second-order valence-electron chi connectivity index (χ2n) is 3.96. The Balaban J connectivity index is 2.56. The molecule has 0 saturated heterocycles. The lowest BCUT2D eigenvalue weighted by molar-refractivity contribution is 0.451. The first-order chi connectivity index (χ1) is 7.03. The van der Waals surface area contributed by atoms with E-state index in [1.54, 1.807) is 6.07 Å². The number of aromatic nitrogens is 3. The molecule has 0 aliphatic rings. The van der Waals surface area contributed by atoms with E-state index in [0.717, 1.165) is 17.8 Å². The third kappa shape index (κ3) is 1.66. The van der Waals surface area contributed by atoms with Gasteiger partial charge in [0.15, 0.2) is 5.65 Å². The van der Waals surface area contributed by atoms with E-state index in [1.807, 2.05) is 19.9 Å². The van der Waals surface area contributed by atoms with Crippen molar-refractivity contribution < 1.29 is 0 Å². The van der Waals surface area contributed by atoms with Crippen LogP contribution in [0.1, 0.15) is 26.1 Å². The van der Waals surface area contributed by atoms with E-state index < -0.39 is 5.54 Å². The summed E-state index contributed by atoms with van der Waals surface area (Å²) in [7, 11) is 0. The molecule has 0 fully saturated rings. The number of hydrogen-bond donors (Lipinski definition) is 3. The van der Waals surface area contributed by atoms with Crippen molar-refractivity contribution in [2.75, 3.05) is 5.73 Å². The number of imidazole rings is 1. The second-order valence-corrected chi connectivity index (χ2v) is 3.96. The van der Waals surface area contributed by atoms with Crippen molar-refractivity contribution >= 4 is 17.0 Å². The highest BCUT2D eigenvalue weighted by molar-refractivity contribution is 5.72. The van der Waals surface area contributed by atoms with Gasteiger partial charge in [0.25, 0.3) is 0 Å². The number of fused-ring (bicyclic) bond motifs is 1. The van der Waals surface area contributed by atoms with E-state index in [4.69, 9.17) is 11.5 Å². The van der Waals surface area contributed by atoms with Crippen molar-refractivity contribution in [1.82, 2.24) is 15.0 Å². The molecule has 2 rings (SSSR count). The summed E-state index contributed by atoms with van der Waals surface area (Å²) in [6.45, 7) is 3.96. The molecule has 0 bridgehead atoms. The van der Waals surface area contributed by atoms with Gasteiger partial charge in [-0.1, -0.05) is 6.92 Å². The summed E-state index contributed by atoms with van der Waals surface area (Å²) in [5, 5.41) is 0. The highest BCUT2D eigenvalue weighted by Crippen LogP contribution is 2.21. The number of anilines is 1. The minimum atomic E-state index is -0.449. The van der Waals surface area contributed by atoms with Crippen LogP contribution in [-0.4, -0.2) is 15.0 Å². The molecule has 5 heteroatoms. The maximum atomic E-state index is 6.09. The van der Waals surface area contributed by atoms with Gasteiger partial charge in [-0.3, -0.25) is 0 Å². The molecular formula is C10H15N5. The van der Waals surface area contributed by atoms with Crippen LogP contribution in [0.15, 0.2) is 12.1 Å². The quantitative estimate of drug-likeness (QED) is 0.685. The van der Waals surface area contributed by atoms with Gasteiger partial charge >= 0.3 is 0 Å². The largest absolute Gasteiger partial charge is 0.384 e. The van der Waals surface area contributed by atoms with Crippen LogP contribution in [0.4, 0.5) is 5.82 Å². The molecule has 2 heterocycles. The van der Waals surface area contributed by atoms with E-state index in [0.29, 0.717) is 11.5 Å². The molecule has 15 heavy (non-hydrogen) atoms. The molecule has 2 aromatic heterocycles. The Bertz CT molecular complexity index is 486. The van der Waals surface area contributed by atoms with Crippen LogP contribution in [0.25, 0.3) is 11.2 Å². The summed E-state index contributed by atoms with van der Waals surface area (Å²) >= 11 is 0. The van der Waals surface area contributed by atoms with Gasteiger partial charge < -0.3 is 16.5 Å². The van der Waals surface area contributed by atoms with Crippen LogP contribution < -0.4 is 11.5 Å². The molecular weight excluding hydrogens is 190 g/mol. The third-order valence-corrected chi connectivity index (χ3v) is 2.64. The molecule has 0 spiro atoms. The van der Waals surface area contributed by atoms with Gasteiger partial charge in [-0.05, 0) is 25.5 Å². The smallest absolute Gasteiger partial charge is 0.179 e. The molecule has 2 aromatic rings. The number of H-pyrrole nitrogens is 1. The predicted octanol–water partition coefficient (Wildman–Crippen LogP) is 1.12. The lowest BCUT2D eigenvalue weighted by Crippen LogP contribution is -2.33. The summed E-state index contributed by atoms with van der Waals surface area (Å²) in [5.74, 6) is 1.22. The fourth-order valence-electron chi connectivity index (χ4n) is 1.35. The van der Waals surface area contributed by atoms with Crippen molar-refractivity contribution in [1.29, 1.82) is 0 Å². The predicted molar refractivity (Wildman–Crippen MR) is 60.1 cm³/mol. The molecule has 5 N–H and O–H groups in total. The fourth-order valence-corrected chi connectivity index (χ4v) is 1.35. The van der Waals surface area contributed by atoms with Crippen LogP contribution in [0, 0.1) is 0 Å². The number of nitrogen functional groups attached to an aromatic ring is 1. The minimum Gasteiger partial charge on any atom is -0.384 e. The minimum absolute atomic E-state index is 0.449. The molecule has 1 atom stereocenters. The second kappa shape index (κ2) is 3.20. The Morgan fingerprint density at radius 2 is 2.13 bits per heavy atom. The number of pyridine rings is 1. The lowest BCUT2D eigenvalue weighted by atomic mass is 10.0. The number of rotatable bonds is 2. The highest BCUT2D eigenvalue weighted by atomic mass is 15.0. The van der Waals surface area contributed by atoms with E-state index in [2.05, 4.69) is 15.0 Å². The first-order valence-electron chi connectivity index (χ1n) is 4.94. The first kappa shape index (κ1) is 9.92. The average molecular weight is 205 g/mol. The standard InChI is InChI=1S/C10H15N5/c1-3-10(2,12)9-13-6-4-5-7(11)14-8(6)15-9/h4-5H,3,12H2,1-2H3,(H3,11,13,14,15). The van der Waals surface area contributed by atoms with Gasteiger partial charge in [-0.25, -0.2) is 9.97 Å². The lowest BCUT2D eigenvalue weighted by Gasteiger charge is -2.18. The van der Waals surface area contributed by atoms with E-state index in [9.17, 15) is 0 Å². The molecule has 1 unspecified atom stereocenters. The van der Waals surface area contributed by atoms with Crippen molar-refractivity contribution in [2.45, 2.75) is 25.8 Å². The number of hydrogen-bond acceptors (Lipinski definition) is 4. The molecule has 0 amide bonds. The maximum Gasteiger partial charge on any atom is 0.179 e.